The molecule has 148 valence electrons. The molecule has 3 rings (SSSR count). The Bertz CT molecular complexity index is 713. The van der Waals surface area contributed by atoms with Gasteiger partial charge in [0.15, 0.2) is 11.5 Å². The van der Waals surface area contributed by atoms with Gasteiger partial charge in [-0.1, -0.05) is 6.07 Å². The van der Waals surface area contributed by atoms with Crippen LogP contribution in [0.5, 0.6) is 11.5 Å². The quantitative estimate of drug-likeness (QED) is 0.876. The minimum absolute atomic E-state index is 0.0478. The first-order valence-corrected chi connectivity index (χ1v) is 9.41. The molecule has 0 aliphatic carbocycles. The maximum Gasteiger partial charge on any atom is 0.410 e. The summed E-state index contributed by atoms with van der Waals surface area (Å²) in [5.41, 5.74) is 0.410. The SMILES string of the molecule is CC(NC(=O)C1CCCN(C(=O)OC(C)(C)C)C1)c1ccc2c(c1)OCO2. The van der Waals surface area contributed by atoms with E-state index in [1.807, 2.05) is 45.9 Å². The highest BCUT2D eigenvalue weighted by Gasteiger charge is 2.31. The number of hydrogen-bond donors (Lipinski definition) is 1. The van der Waals surface area contributed by atoms with E-state index < -0.39 is 5.60 Å². The van der Waals surface area contributed by atoms with E-state index in [1.54, 1.807) is 4.90 Å². The van der Waals surface area contributed by atoms with E-state index in [-0.39, 0.29) is 30.8 Å². The van der Waals surface area contributed by atoms with E-state index in [0.717, 1.165) is 24.2 Å². The van der Waals surface area contributed by atoms with Crippen molar-refractivity contribution in [2.75, 3.05) is 19.9 Å². The summed E-state index contributed by atoms with van der Waals surface area (Å²) in [6.07, 6.45) is 1.19. The zero-order valence-corrected chi connectivity index (χ0v) is 16.4. The van der Waals surface area contributed by atoms with Crippen LogP contribution in [0.2, 0.25) is 0 Å². The maximum absolute atomic E-state index is 12.7. The van der Waals surface area contributed by atoms with Gasteiger partial charge < -0.3 is 24.4 Å². The molecule has 1 aromatic carbocycles. The van der Waals surface area contributed by atoms with Crippen LogP contribution in [0.25, 0.3) is 0 Å². The Kier molecular flexibility index (Phi) is 5.48. The summed E-state index contributed by atoms with van der Waals surface area (Å²) in [4.78, 5) is 26.6. The Morgan fingerprint density at radius 3 is 2.74 bits per heavy atom. The molecule has 1 saturated heterocycles. The van der Waals surface area contributed by atoms with Gasteiger partial charge in [0.2, 0.25) is 12.7 Å². The molecule has 0 radical (unpaired) electrons. The van der Waals surface area contributed by atoms with E-state index in [4.69, 9.17) is 14.2 Å². The van der Waals surface area contributed by atoms with Crippen molar-refractivity contribution in [1.82, 2.24) is 10.2 Å². The number of hydrogen-bond acceptors (Lipinski definition) is 5. The third-order valence-electron chi connectivity index (χ3n) is 4.70. The zero-order chi connectivity index (χ0) is 19.6. The fraction of sp³-hybridized carbons (Fsp3) is 0.600. The molecule has 0 aromatic heterocycles. The Morgan fingerprint density at radius 2 is 2.00 bits per heavy atom. The second-order valence-corrected chi connectivity index (χ2v) is 8.11. The average molecular weight is 376 g/mol. The number of likely N-dealkylation sites (tertiary alicyclic amines) is 1. The van der Waals surface area contributed by atoms with Crippen LogP contribution in [-0.4, -0.2) is 42.4 Å². The lowest BCUT2D eigenvalue weighted by atomic mass is 9.96. The van der Waals surface area contributed by atoms with Crippen molar-refractivity contribution in [2.45, 2.75) is 52.2 Å². The van der Waals surface area contributed by atoms with Crippen molar-refractivity contribution in [3.63, 3.8) is 0 Å². The van der Waals surface area contributed by atoms with Crippen molar-refractivity contribution in [1.29, 1.82) is 0 Å². The van der Waals surface area contributed by atoms with Crippen LogP contribution in [-0.2, 0) is 9.53 Å². The predicted molar refractivity (Wildman–Crippen MR) is 99.7 cm³/mol. The molecule has 27 heavy (non-hydrogen) atoms. The van der Waals surface area contributed by atoms with Gasteiger partial charge in [-0.25, -0.2) is 4.79 Å². The van der Waals surface area contributed by atoms with Crippen molar-refractivity contribution in [3.05, 3.63) is 23.8 Å². The Balaban J connectivity index is 1.57. The van der Waals surface area contributed by atoms with Crippen LogP contribution in [0.4, 0.5) is 4.79 Å². The highest BCUT2D eigenvalue weighted by molar-refractivity contribution is 5.80. The summed E-state index contributed by atoms with van der Waals surface area (Å²) in [7, 11) is 0. The van der Waals surface area contributed by atoms with Gasteiger partial charge in [0.05, 0.1) is 12.0 Å². The van der Waals surface area contributed by atoms with Crippen LogP contribution in [0.3, 0.4) is 0 Å². The van der Waals surface area contributed by atoms with E-state index in [1.165, 1.54) is 0 Å². The highest BCUT2D eigenvalue weighted by Crippen LogP contribution is 2.34. The molecule has 7 nitrogen and oxygen atoms in total. The molecular weight excluding hydrogens is 348 g/mol. The summed E-state index contributed by atoms with van der Waals surface area (Å²) >= 11 is 0. The molecule has 2 amide bonds. The normalized spacial score (nSPS) is 20.1. The van der Waals surface area contributed by atoms with Crippen molar-refractivity contribution in [3.8, 4) is 11.5 Å². The van der Waals surface area contributed by atoms with Gasteiger partial charge in [-0.3, -0.25) is 4.79 Å². The van der Waals surface area contributed by atoms with E-state index in [9.17, 15) is 9.59 Å². The van der Waals surface area contributed by atoms with Crippen LogP contribution < -0.4 is 14.8 Å². The van der Waals surface area contributed by atoms with Crippen LogP contribution >= 0.6 is 0 Å². The molecule has 2 unspecified atom stereocenters. The standard InChI is InChI=1S/C20H28N2O5/c1-13(14-7-8-16-17(10-14)26-12-25-16)21-18(23)15-6-5-9-22(11-15)19(24)27-20(2,3)4/h7-8,10,13,15H,5-6,9,11-12H2,1-4H3,(H,21,23). The molecule has 2 heterocycles. The number of amides is 2. The lowest BCUT2D eigenvalue weighted by Gasteiger charge is -2.34. The summed E-state index contributed by atoms with van der Waals surface area (Å²) in [6, 6.07) is 5.50. The minimum Gasteiger partial charge on any atom is -0.454 e. The lowest BCUT2D eigenvalue weighted by Crippen LogP contribution is -2.47. The third kappa shape index (κ3) is 4.84. The Morgan fingerprint density at radius 1 is 1.26 bits per heavy atom. The summed E-state index contributed by atoms with van der Waals surface area (Å²) < 4.78 is 16.1. The molecule has 0 spiro atoms. The molecule has 0 saturated carbocycles. The predicted octanol–water partition coefficient (Wildman–Crippen LogP) is 3.24. The number of carbonyl (C=O) groups excluding carboxylic acids is 2. The smallest absolute Gasteiger partial charge is 0.410 e. The number of nitrogens with zero attached hydrogens (tertiary/aromatic N) is 1. The minimum atomic E-state index is -0.542. The summed E-state index contributed by atoms with van der Waals surface area (Å²) in [5.74, 6) is 1.14. The van der Waals surface area contributed by atoms with Gasteiger partial charge in [0.25, 0.3) is 0 Å². The number of fused-ring (bicyclic) bond motifs is 1. The Labute approximate surface area is 160 Å². The average Bonchev–Trinajstić information content (AvgIpc) is 3.08. The fourth-order valence-corrected chi connectivity index (χ4v) is 3.28. The Hall–Kier alpha value is -2.44. The number of benzene rings is 1. The van der Waals surface area contributed by atoms with Crippen molar-refractivity contribution >= 4 is 12.0 Å². The lowest BCUT2D eigenvalue weighted by molar-refractivity contribution is -0.127. The molecule has 7 heteroatoms. The highest BCUT2D eigenvalue weighted by atomic mass is 16.7. The van der Waals surface area contributed by atoms with Gasteiger partial charge in [-0.05, 0) is 58.2 Å². The van der Waals surface area contributed by atoms with Gasteiger partial charge in [-0.15, -0.1) is 0 Å². The molecule has 2 atom stereocenters. The first-order chi connectivity index (χ1) is 12.7. The van der Waals surface area contributed by atoms with E-state index >= 15 is 0 Å². The molecule has 2 aliphatic rings. The molecule has 1 aromatic rings. The molecule has 1 fully saturated rings. The second kappa shape index (κ2) is 7.66. The molecule has 0 bridgehead atoms. The number of piperidine rings is 1. The van der Waals surface area contributed by atoms with Crippen molar-refractivity contribution in [2.24, 2.45) is 5.92 Å². The first-order valence-electron chi connectivity index (χ1n) is 9.41. The second-order valence-electron chi connectivity index (χ2n) is 8.11. The molecule has 1 N–H and O–H groups in total. The number of ether oxygens (including phenoxy) is 3. The molecular formula is C20H28N2O5. The number of carbonyl (C=O) groups is 2. The molecule has 2 aliphatic heterocycles. The summed E-state index contributed by atoms with van der Waals surface area (Å²) in [6.45, 7) is 8.68. The van der Waals surface area contributed by atoms with Gasteiger partial charge in [-0.2, -0.15) is 0 Å². The van der Waals surface area contributed by atoms with E-state index in [0.29, 0.717) is 18.8 Å². The van der Waals surface area contributed by atoms with Gasteiger partial charge in [0, 0.05) is 13.1 Å². The van der Waals surface area contributed by atoms with E-state index in [2.05, 4.69) is 5.32 Å². The topological polar surface area (TPSA) is 77.1 Å². The number of rotatable bonds is 3. The zero-order valence-electron chi connectivity index (χ0n) is 16.4. The van der Waals surface area contributed by atoms with Gasteiger partial charge >= 0.3 is 6.09 Å². The fourth-order valence-electron chi connectivity index (χ4n) is 3.28. The first kappa shape index (κ1) is 19.3. The maximum atomic E-state index is 12.7. The summed E-state index contributed by atoms with van der Waals surface area (Å²) in [5, 5.41) is 3.05. The monoisotopic (exact) mass is 376 g/mol. The largest absolute Gasteiger partial charge is 0.454 e. The van der Waals surface area contributed by atoms with Crippen LogP contribution in [0.15, 0.2) is 18.2 Å². The third-order valence-corrected chi connectivity index (χ3v) is 4.70. The van der Waals surface area contributed by atoms with Crippen molar-refractivity contribution < 1.29 is 23.8 Å². The van der Waals surface area contributed by atoms with Crippen LogP contribution in [0, 0.1) is 5.92 Å². The van der Waals surface area contributed by atoms with Crippen LogP contribution in [0.1, 0.15) is 52.1 Å². The number of nitrogens with one attached hydrogen (secondary N) is 1. The van der Waals surface area contributed by atoms with Gasteiger partial charge in [0.1, 0.15) is 5.60 Å².